The van der Waals surface area contributed by atoms with E-state index in [1.807, 2.05) is 13.8 Å². The van der Waals surface area contributed by atoms with E-state index in [1.54, 1.807) is 6.08 Å². The lowest BCUT2D eigenvalue weighted by atomic mass is 10.1. The number of hydrogen-bond acceptors (Lipinski definition) is 4. The SMILES string of the molecule is C=CCn1ncc(N[C@H](CO)C(C)C)c(Cl)c1=O. The zero-order chi connectivity index (χ0) is 13.7. The van der Waals surface area contributed by atoms with Crippen LogP contribution in [0.4, 0.5) is 5.69 Å². The number of rotatable bonds is 6. The van der Waals surface area contributed by atoms with Gasteiger partial charge in [0, 0.05) is 0 Å². The fraction of sp³-hybridized carbons (Fsp3) is 0.500. The minimum Gasteiger partial charge on any atom is -0.394 e. The van der Waals surface area contributed by atoms with E-state index in [-0.39, 0.29) is 29.1 Å². The molecule has 1 heterocycles. The first kappa shape index (κ1) is 14.7. The Labute approximate surface area is 111 Å². The van der Waals surface area contributed by atoms with E-state index in [1.165, 1.54) is 10.9 Å². The number of nitrogens with one attached hydrogen (secondary N) is 1. The Balaban J connectivity index is 3.01. The van der Waals surface area contributed by atoms with Crippen LogP contribution >= 0.6 is 11.6 Å². The van der Waals surface area contributed by atoms with Gasteiger partial charge in [-0.2, -0.15) is 5.10 Å². The average Bonchev–Trinajstić information content (AvgIpc) is 2.34. The van der Waals surface area contributed by atoms with Gasteiger partial charge in [0.15, 0.2) is 0 Å². The molecule has 0 radical (unpaired) electrons. The van der Waals surface area contributed by atoms with E-state index in [2.05, 4.69) is 17.0 Å². The Morgan fingerprint density at radius 2 is 2.33 bits per heavy atom. The molecule has 100 valence electrons. The molecule has 18 heavy (non-hydrogen) atoms. The third kappa shape index (κ3) is 3.34. The lowest BCUT2D eigenvalue weighted by Gasteiger charge is -2.21. The van der Waals surface area contributed by atoms with Crippen LogP contribution in [-0.4, -0.2) is 27.5 Å². The third-order valence-corrected chi connectivity index (χ3v) is 2.99. The van der Waals surface area contributed by atoms with Crippen molar-refractivity contribution in [1.29, 1.82) is 0 Å². The van der Waals surface area contributed by atoms with Crippen molar-refractivity contribution in [2.24, 2.45) is 5.92 Å². The lowest BCUT2D eigenvalue weighted by molar-refractivity contribution is 0.249. The largest absolute Gasteiger partial charge is 0.394 e. The van der Waals surface area contributed by atoms with Crippen molar-refractivity contribution >= 4 is 17.3 Å². The molecule has 0 unspecified atom stereocenters. The maximum atomic E-state index is 11.8. The lowest BCUT2D eigenvalue weighted by Crippen LogP contribution is -2.31. The van der Waals surface area contributed by atoms with E-state index >= 15 is 0 Å². The van der Waals surface area contributed by atoms with Gasteiger partial charge < -0.3 is 10.4 Å². The highest BCUT2D eigenvalue weighted by molar-refractivity contribution is 6.32. The molecule has 0 saturated heterocycles. The fourth-order valence-corrected chi connectivity index (χ4v) is 1.64. The quantitative estimate of drug-likeness (QED) is 0.770. The zero-order valence-electron chi connectivity index (χ0n) is 10.6. The summed E-state index contributed by atoms with van der Waals surface area (Å²) < 4.78 is 1.23. The Bertz CT molecular complexity index is 471. The summed E-state index contributed by atoms with van der Waals surface area (Å²) in [7, 11) is 0. The number of allylic oxidation sites excluding steroid dienone is 1. The second-order valence-corrected chi connectivity index (χ2v) is 4.70. The van der Waals surface area contributed by atoms with E-state index in [0.717, 1.165) is 0 Å². The summed E-state index contributed by atoms with van der Waals surface area (Å²) in [6.45, 7) is 7.75. The number of halogens is 1. The molecule has 0 bridgehead atoms. The molecule has 1 atom stereocenters. The van der Waals surface area contributed by atoms with E-state index in [0.29, 0.717) is 12.2 Å². The number of hydrogen-bond donors (Lipinski definition) is 2. The molecular weight excluding hydrogens is 254 g/mol. The summed E-state index contributed by atoms with van der Waals surface area (Å²) in [6.07, 6.45) is 3.06. The van der Waals surface area contributed by atoms with Gasteiger partial charge in [-0.15, -0.1) is 6.58 Å². The summed E-state index contributed by atoms with van der Waals surface area (Å²) in [5, 5.41) is 16.3. The van der Waals surface area contributed by atoms with Crippen LogP contribution in [0.15, 0.2) is 23.6 Å². The highest BCUT2D eigenvalue weighted by Crippen LogP contribution is 2.18. The predicted octanol–water partition coefficient (Wildman–Crippen LogP) is 1.51. The molecule has 0 fully saturated rings. The Hall–Kier alpha value is -1.33. The fourth-order valence-electron chi connectivity index (χ4n) is 1.44. The molecule has 1 aromatic rings. The number of anilines is 1. The summed E-state index contributed by atoms with van der Waals surface area (Å²) in [5.41, 5.74) is 0.0664. The third-order valence-electron chi connectivity index (χ3n) is 2.63. The first-order valence-corrected chi connectivity index (χ1v) is 6.13. The smallest absolute Gasteiger partial charge is 0.287 e. The van der Waals surface area contributed by atoms with Crippen LogP contribution in [0.25, 0.3) is 0 Å². The van der Waals surface area contributed by atoms with Crippen LogP contribution in [0.2, 0.25) is 5.02 Å². The first-order chi connectivity index (χ1) is 8.51. The summed E-state index contributed by atoms with van der Waals surface area (Å²) in [4.78, 5) is 11.8. The summed E-state index contributed by atoms with van der Waals surface area (Å²) in [5.74, 6) is 0.210. The molecule has 0 aliphatic heterocycles. The second kappa shape index (κ2) is 6.56. The van der Waals surface area contributed by atoms with E-state index in [4.69, 9.17) is 11.6 Å². The monoisotopic (exact) mass is 271 g/mol. The van der Waals surface area contributed by atoms with Crippen LogP contribution in [-0.2, 0) is 6.54 Å². The van der Waals surface area contributed by atoms with Gasteiger partial charge in [0.1, 0.15) is 5.02 Å². The molecule has 0 aliphatic rings. The highest BCUT2D eigenvalue weighted by Gasteiger charge is 2.15. The van der Waals surface area contributed by atoms with Crippen LogP contribution < -0.4 is 10.9 Å². The van der Waals surface area contributed by atoms with Crippen LogP contribution in [0.3, 0.4) is 0 Å². The molecule has 0 amide bonds. The van der Waals surface area contributed by atoms with Crippen molar-refractivity contribution in [3.63, 3.8) is 0 Å². The molecule has 1 rings (SSSR count). The number of aliphatic hydroxyl groups is 1. The van der Waals surface area contributed by atoms with E-state index < -0.39 is 0 Å². The molecule has 0 aliphatic carbocycles. The van der Waals surface area contributed by atoms with Crippen LogP contribution in [0.1, 0.15) is 13.8 Å². The normalized spacial score (nSPS) is 12.5. The summed E-state index contributed by atoms with van der Waals surface area (Å²) >= 11 is 5.99. The van der Waals surface area contributed by atoms with Gasteiger partial charge in [-0.25, -0.2) is 4.68 Å². The van der Waals surface area contributed by atoms with E-state index in [9.17, 15) is 9.90 Å². The Morgan fingerprint density at radius 3 is 2.83 bits per heavy atom. The van der Waals surface area contributed by atoms with Gasteiger partial charge in [0.25, 0.3) is 5.56 Å². The topological polar surface area (TPSA) is 67.2 Å². The van der Waals surface area contributed by atoms with Crippen molar-refractivity contribution in [3.05, 3.63) is 34.2 Å². The van der Waals surface area contributed by atoms with Gasteiger partial charge >= 0.3 is 0 Å². The maximum absolute atomic E-state index is 11.8. The Morgan fingerprint density at radius 1 is 1.67 bits per heavy atom. The zero-order valence-corrected chi connectivity index (χ0v) is 11.3. The van der Waals surface area contributed by atoms with Crippen LogP contribution in [0.5, 0.6) is 0 Å². The minimum absolute atomic E-state index is 0.0380. The standard InChI is InChI=1S/C12H18ClN3O2/c1-4-5-16-12(18)11(13)9(6-14-16)15-10(7-17)8(2)3/h4,6,8,10,15,17H,1,5,7H2,2-3H3/t10-/m1/s1. The average molecular weight is 272 g/mol. The number of aliphatic hydroxyl groups excluding tert-OH is 1. The maximum Gasteiger partial charge on any atom is 0.287 e. The van der Waals surface area contributed by atoms with Gasteiger partial charge in [0.05, 0.1) is 31.1 Å². The molecule has 2 N–H and O–H groups in total. The van der Waals surface area contributed by atoms with Crippen molar-refractivity contribution in [1.82, 2.24) is 9.78 Å². The van der Waals surface area contributed by atoms with Gasteiger partial charge in [-0.05, 0) is 5.92 Å². The predicted molar refractivity (Wildman–Crippen MR) is 73.0 cm³/mol. The molecule has 6 heteroatoms. The van der Waals surface area contributed by atoms with Crippen LogP contribution in [0, 0.1) is 5.92 Å². The molecular formula is C12H18ClN3O2. The minimum atomic E-state index is -0.373. The number of aromatic nitrogens is 2. The van der Waals surface area contributed by atoms with Crippen molar-refractivity contribution in [2.45, 2.75) is 26.4 Å². The van der Waals surface area contributed by atoms with Gasteiger partial charge in [-0.3, -0.25) is 4.79 Å². The number of nitrogens with zero attached hydrogens (tertiary/aromatic N) is 2. The molecule has 0 aromatic carbocycles. The summed E-state index contributed by atoms with van der Waals surface area (Å²) in [6, 6.07) is -0.168. The molecule has 1 aromatic heterocycles. The first-order valence-electron chi connectivity index (χ1n) is 5.75. The van der Waals surface area contributed by atoms with Crippen molar-refractivity contribution in [2.75, 3.05) is 11.9 Å². The molecule has 5 nitrogen and oxygen atoms in total. The van der Waals surface area contributed by atoms with Crippen molar-refractivity contribution in [3.8, 4) is 0 Å². The van der Waals surface area contributed by atoms with Gasteiger partial charge in [0.2, 0.25) is 0 Å². The van der Waals surface area contributed by atoms with Crippen molar-refractivity contribution < 1.29 is 5.11 Å². The molecule has 0 spiro atoms. The second-order valence-electron chi connectivity index (χ2n) is 4.33. The van der Waals surface area contributed by atoms with Gasteiger partial charge in [-0.1, -0.05) is 31.5 Å². The molecule has 0 saturated carbocycles. The Kier molecular flexibility index (Phi) is 5.37. The highest BCUT2D eigenvalue weighted by atomic mass is 35.5.